The number of nitrogens with zero attached hydrogens (tertiary/aromatic N) is 4. The molecule has 2 aromatic rings. The number of rotatable bonds is 3. The van der Waals surface area contributed by atoms with Crippen molar-refractivity contribution in [1.82, 2.24) is 19.7 Å². The molecule has 6 heteroatoms. The Morgan fingerprint density at radius 2 is 2.18 bits per heavy atom. The summed E-state index contributed by atoms with van der Waals surface area (Å²) in [7, 11) is 0. The van der Waals surface area contributed by atoms with Gasteiger partial charge in [-0.2, -0.15) is 5.10 Å². The number of hydrogen-bond donors (Lipinski definition) is 0. The molecule has 2 rings (SSSR count). The van der Waals surface area contributed by atoms with Crippen LogP contribution in [0.3, 0.4) is 0 Å². The lowest BCUT2D eigenvalue weighted by Crippen LogP contribution is -2.07. The molecule has 0 aliphatic carbocycles. The summed E-state index contributed by atoms with van der Waals surface area (Å²) in [5.41, 5.74) is 1.61. The Morgan fingerprint density at radius 3 is 2.71 bits per heavy atom. The van der Waals surface area contributed by atoms with E-state index in [9.17, 15) is 0 Å². The topological polar surface area (TPSA) is 43.6 Å². The summed E-state index contributed by atoms with van der Waals surface area (Å²) >= 11 is 9.28. The van der Waals surface area contributed by atoms with Crippen molar-refractivity contribution in [2.45, 2.75) is 25.6 Å². The van der Waals surface area contributed by atoms with Crippen LogP contribution in [0.15, 0.2) is 23.1 Å². The average Bonchev–Trinajstić information content (AvgIpc) is 2.74. The minimum Gasteiger partial charge on any atom is -0.239 e. The number of aromatic nitrogens is 4. The van der Waals surface area contributed by atoms with Crippen LogP contribution in [-0.2, 0) is 5.88 Å². The largest absolute Gasteiger partial charge is 0.239 e. The van der Waals surface area contributed by atoms with Crippen LogP contribution in [0.2, 0.25) is 0 Å². The van der Waals surface area contributed by atoms with E-state index >= 15 is 0 Å². The van der Waals surface area contributed by atoms with E-state index in [1.54, 1.807) is 17.1 Å². The van der Waals surface area contributed by atoms with Gasteiger partial charge < -0.3 is 0 Å². The maximum Gasteiger partial charge on any atom is 0.131 e. The standard InChI is InChI=1S/C11H12BrClN4/c1-7(2)11-14-5-10(9(3-13)16-11)17-6-8(12)4-15-17/h4-7H,3H2,1-2H3. The maximum absolute atomic E-state index is 5.92. The van der Waals surface area contributed by atoms with Crippen LogP contribution in [0.1, 0.15) is 31.3 Å². The Kier molecular flexibility index (Phi) is 3.79. The van der Waals surface area contributed by atoms with E-state index in [4.69, 9.17) is 11.6 Å². The van der Waals surface area contributed by atoms with Crippen LogP contribution >= 0.6 is 27.5 Å². The summed E-state index contributed by atoms with van der Waals surface area (Å²) in [6.45, 7) is 4.11. The Labute approximate surface area is 113 Å². The fraction of sp³-hybridized carbons (Fsp3) is 0.364. The van der Waals surface area contributed by atoms with E-state index in [0.717, 1.165) is 21.7 Å². The van der Waals surface area contributed by atoms with Crippen molar-refractivity contribution in [1.29, 1.82) is 0 Å². The minimum absolute atomic E-state index is 0.287. The third-order valence-corrected chi connectivity index (χ3v) is 2.97. The van der Waals surface area contributed by atoms with Gasteiger partial charge in [0, 0.05) is 12.1 Å². The monoisotopic (exact) mass is 314 g/mol. The molecule has 17 heavy (non-hydrogen) atoms. The summed E-state index contributed by atoms with van der Waals surface area (Å²) in [6.07, 6.45) is 5.33. The van der Waals surface area contributed by atoms with E-state index < -0.39 is 0 Å². The second kappa shape index (κ2) is 5.14. The quantitative estimate of drug-likeness (QED) is 0.816. The zero-order chi connectivity index (χ0) is 12.4. The van der Waals surface area contributed by atoms with Crippen LogP contribution in [0, 0.1) is 0 Å². The molecule has 0 N–H and O–H groups in total. The lowest BCUT2D eigenvalue weighted by Gasteiger charge is -2.09. The van der Waals surface area contributed by atoms with Crippen molar-refractivity contribution in [2.75, 3.05) is 0 Å². The fourth-order valence-corrected chi connectivity index (χ4v) is 1.91. The molecule has 0 unspecified atom stereocenters. The van der Waals surface area contributed by atoms with Crippen LogP contribution in [0.25, 0.3) is 5.69 Å². The van der Waals surface area contributed by atoms with Crippen LogP contribution < -0.4 is 0 Å². The van der Waals surface area contributed by atoms with E-state index in [-0.39, 0.29) is 5.92 Å². The number of alkyl halides is 1. The molecule has 0 aliphatic heterocycles. The van der Waals surface area contributed by atoms with Gasteiger partial charge in [-0.1, -0.05) is 13.8 Å². The average molecular weight is 316 g/mol. The summed E-state index contributed by atoms with van der Waals surface area (Å²) < 4.78 is 2.62. The molecule has 0 aromatic carbocycles. The molecular formula is C11H12BrClN4. The number of halogens is 2. The number of hydrogen-bond acceptors (Lipinski definition) is 3. The summed E-state index contributed by atoms with van der Waals surface area (Å²) in [4.78, 5) is 8.78. The van der Waals surface area contributed by atoms with Crippen molar-refractivity contribution < 1.29 is 0 Å². The third-order valence-electron chi connectivity index (χ3n) is 2.31. The van der Waals surface area contributed by atoms with E-state index in [1.807, 2.05) is 6.20 Å². The molecule has 0 aliphatic rings. The van der Waals surface area contributed by atoms with E-state index in [1.165, 1.54) is 0 Å². The van der Waals surface area contributed by atoms with Gasteiger partial charge in [0.05, 0.1) is 28.4 Å². The van der Waals surface area contributed by atoms with E-state index in [2.05, 4.69) is 44.8 Å². The second-order valence-electron chi connectivity index (χ2n) is 3.95. The molecule has 0 saturated heterocycles. The van der Waals surface area contributed by atoms with Crippen LogP contribution in [0.4, 0.5) is 0 Å². The minimum atomic E-state index is 0.287. The highest BCUT2D eigenvalue weighted by Crippen LogP contribution is 2.18. The Morgan fingerprint density at radius 1 is 1.41 bits per heavy atom. The first kappa shape index (κ1) is 12.5. The van der Waals surface area contributed by atoms with Crippen LogP contribution in [0.5, 0.6) is 0 Å². The predicted octanol–water partition coefficient (Wildman–Crippen LogP) is 3.29. The van der Waals surface area contributed by atoms with Gasteiger partial charge in [0.15, 0.2) is 0 Å². The Balaban J connectivity index is 2.48. The van der Waals surface area contributed by atoms with Gasteiger partial charge in [0.25, 0.3) is 0 Å². The van der Waals surface area contributed by atoms with Crippen molar-refractivity contribution in [2.24, 2.45) is 0 Å². The lowest BCUT2D eigenvalue weighted by molar-refractivity contribution is 0.748. The molecule has 0 amide bonds. The predicted molar refractivity (Wildman–Crippen MR) is 70.5 cm³/mol. The van der Waals surface area contributed by atoms with Gasteiger partial charge in [-0.3, -0.25) is 0 Å². The highest BCUT2D eigenvalue weighted by molar-refractivity contribution is 9.10. The molecule has 2 heterocycles. The van der Waals surface area contributed by atoms with Crippen LogP contribution in [-0.4, -0.2) is 19.7 Å². The third kappa shape index (κ3) is 2.66. The Hall–Kier alpha value is -0.940. The molecular weight excluding hydrogens is 304 g/mol. The van der Waals surface area contributed by atoms with E-state index in [0.29, 0.717) is 5.88 Å². The van der Waals surface area contributed by atoms with Gasteiger partial charge in [-0.25, -0.2) is 14.6 Å². The molecule has 0 bridgehead atoms. The summed E-state index contributed by atoms with van der Waals surface area (Å²) in [5.74, 6) is 1.43. The van der Waals surface area contributed by atoms with Crippen molar-refractivity contribution in [3.05, 3.63) is 34.6 Å². The van der Waals surface area contributed by atoms with Crippen molar-refractivity contribution in [3.63, 3.8) is 0 Å². The highest BCUT2D eigenvalue weighted by atomic mass is 79.9. The van der Waals surface area contributed by atoms with Gasteiger partial charge in [0.2, 0.25) is 0 Å². The molecule has 0 saturated carbocycles. The molecule has 0 spiro atoms. The van der Waals surface area contributed by atoms with Crippen molar-refractivity contribution >= 4 is 27.5 Å². The fourth-order valence-electron chi connectivity index (χ4n) is 1.43. The summed E-state index contributed by atoms with van der Waals surface area (Å²) in [5, 5.41) is 4.20. The zero-order valence-electron chi connectivity index (χ0n) is 9.56. The normalized spacial score (nSPS) is 11.1. The molecule has 90 valence electrons. The first-order valence-corrected chi connectivity index (χ1v) is 6.57. The molecule has 0 atom stereocenters. The van der Waals surface area contributed by atoms with Gasteiger partial charge in [0.1, 0.15) is 11.5 Å². The van der Waals surface area contributed by atoms with Gasteiger partial charge >= 0.3 is 0 Å². The zero-order valence-corrected chi connectivity index (χ0v) is 11.9. The van der Waals surface area contributed by atoms with Crippen molar-refractivity contribution in [3.8, 4) is 5.69 Å². The maximum atomic E-state index is 5.92. The second-order valence-corrected chi connectivity index (χ2v) is 5.13. The summed E-state index contributed by atoms with van der Waals surface area (Å²) in [6, 6.07) is 0. The molecule has 0 radical (unpaired) electrons. The first-order valence-electron chi connectivity index (χ1n) is 5.24. The smallest absolute Gasteiger partial charge is 0.131 e. The lowest BCUT2D eigenvalue weighted by atomic mass is 10.2. The highest BCUT2D eigenvalue weighted by Gasteiger charge is 2.11. The van der Waals surface area contributed by atoms with Gasteiger partial charge in [-0.05, 0) is 15.9 Å². The SMILES string of the molecule is CC(C)c1ncc(-n2cc(Br)cn2)c(CCl)n1. The van der Waals surface area contributed by atoms with Gasteiger partial charge in [-0.15, -0.1) is 11.6 Å². The molecule has 4 nitrogen and oxygen atoms in total. The molecule has 0 fully saturated rings. The first-order chi connectivity index (χ1) is 8.11. The Bertz CT molecular complexity index is 524. The molecule has 2 aromatic heterocycles.